The SMILES string of the molecule is COC(=O)c1c(NC(=O)/C=C/c2ccc(Cl)cc2)sc(C)c1-c1ccc(Br)cc1. The number of halogens is 2. The van der Waals surface area contributed by atoms with Crippen molar-refractivity contribution in [3.63, 3.8) is 0 Å². The number of rotatable bonds is 5. The number of benzene rings is 2. The lowest BCUT2D eigenvalue weighted by Crippen LogP contribution is -2.11. The van der Waals surface area contributed by atoms with Crippen LogP contribution in [0.1, 0.15) is 20.8 Å². The second kappa shape index (κ2) is 9.39. The molecular weight excluding hydrogens is 474 g/mol. The topological polar surface area (TPSA) is 55.4 Å². The van der Waals surface area contributed by atoms with Crippen LogP contribution in [0.25, 0.3) is 17.2 Å². The van der Waals surface area contributed by atoms with Gasteiger partial charge in [-0.05, 0) is 48.4 Å². The Morgan fingerprint density at radius 2 is 1.76 bits per heavy atom. The van der Waals surface area contributed by atoms with Crippen LogP contribution in [0, 0.1) is 6.92 Å². The quantitative estimate of drug-likeness (QED) is 0.325. The average molecular weight is 491 g/mol. The van der Waals surface area contributed by atoms with Crippen LogP contribution in [0.4, 0.5) is 5.00 Å². The number of nitrogens with one attached hydrogen (secondary N) is 1. The van der Waals surface area contributed by atoms with Gasteiger partial charge in [-0.3, -0.25) is 4.79 Å². The zero-order chi connectivity index (χ0) is 21.0. The molecule has 0 unspecified atom stereocenters. The minimum absolute atomic E-state index is 0.339. The summed E-state index contributed by atoms with van der Waals surface area (Å²) in [4.78, 5) is 25.8. The van der Waals surface area contributed by atoms with Crippen LogP contribution >= 0.6 is 38.9 Å². The van der Waals surface area contributed by atoms with Crippen molar-refractivity contribution >= 4 is 61.8 Å². The molecule has 0 saturated heterocycles. The van der Waals surface area contributed by atoms with Crippen LogP contribution in [0.15, 0.2) is 59.1 Å². The number of carbonyl (C=O) groups is 2. The number of carbonyl (C=O) groups excluding carboxylic acids is 2. The van der Waals surface area contributed by atoms with Gasteiger partial charge in [-0.1, -0.05) is 51.8 Å². The number of ether oxygens (including phenoxy) is 1. The summed E-state index contributed by atoms with van der Waals surface area (Å²) in [5, 5.41) is 3.89. The lowest BCUT2D eigenvalue weighted by Gasteiger charge is -2.07. The van der Waals surface area contributed by atoms with E-state index < -0.39 is 5.97 Å². The maximum Gasteiger partial charge on any atom is 0.341 e. The highest BCUT2D eigenvalue weighted by molar-refractivity contribution is 9.10. The summed E-state index contributed by atoms with van der Waals surface area (Å²) in [6.07, 6.45) is 3.10. The van der Waals surface area contributed by atoms with Gasteiger partial charge in [0.15, 0.2) is 0 Å². The maximum atomic E-state index is 12.5. The molecule has 1 heterocycles. The van der Waals surface area contributed by atoms with Crippen molar-refractivity contribution in [1.29, 1.82) is 0 Å². The van der Waals surface area contributed by atoms with Gasteiger partial charge in [0.25, 0.3) is 0 Å². The molecule has 3 rings (SSSR count). The lowest BCUT2D eigenvalue weighted by atomic mass is 10.0. The van der Waals surface area contributed by atoms with Crippen molar-refractivity contribution in [3.8, 4) is 11.1 Å². The van der Waals surface area contributed by atoms with Crippen LogP contribution in [0.5, 0.6) is 0 Å². The van der Waals surface area contributed by atoms with Gasteiger partial charge in [0.2, 0.25) is 5.91 Å². The number of hydrogen-bond acceptors (Lipinski definition) is 4. The molecule has 0 radical (unpaired) electrons. The summed E-state index contributed by atoms with van der Waals surface area (Å²) in [5.41, 5.74) is 2.83. The normalized spacial score (nSPS) is 10.9. The highest BCUT2D eigenvalue weighted by Gasteiger charge is 2.24. The van der Waals surface area contributed by atoms with Crippen LogP contribution in [-0.2, 0) is 9.53 Å². The average Bonchev–Trinajstić information content (AvgIpc) is 3.03. The van der Waals surface area contributed by atoms with Crippen molar-refractivity contribution in [1.82, 2.24) is 0 Å². The van der Waals surface area contributed by atoms with Gasteiger partial charge >= 0.3 is 5.97 Å². The summed E-state index contributed by atoms with van der Waals surface area (Å²) >= 11 is 10.6. The second-order valence-corrected chi connectivity index (χ2v) is 8.69. The predicted octanol–water partition coefficient (Wildman–Crippen LogP) is 6.58. The Bertz CT molecular complexity index is 1070. The van der Waals surface area contributed by atoms with E-state index >= 15 is 0 Å². The van der Waals surface area contributed by atoms with Crippen molar-refractivity contribution in [2.24, 2.45) is 0 Å². The monoisotopic (exact) mass is 489 g/mol. The van der Waals surface area contributed by atoms with Gasteiger partial charge in [0.05, 0.1) is 7.11 Å². The molecule has 0 bridgehead atoms. The molecule has 0 fully saturated rings. The van der Waals surface area contributed by atoms with E-state index in [0.717, 1.165) is 26.0 Å². The fraction of sp³-hybridized carbons (Fsp3) is 0.0909. The van der Waals surface area contributed by atoms with Crippen LogP contribution in [-0.4, -0.2) is 19.0 Å². The molecule has 4 nitrogen and oxygen atoms in total. The molecule has 1 N–H and O–H groups in total. The fourth-order valence-electron chi connectivity index (χ4n) is 2.79. The first kappa shape index (κ1) is 21.3. The third kappa shape index (κ3) is 5.15. The molecule has 0 aliphatic carbocycles. The molecular formula is C22H17BrClNO3S. The van der Waals surface area contributed by atoms with Gasteiger partial charge in [0, 0.05) is 26.0 Å². The minimum Gasteiger partial charge on any atom is -0.465 e. The highest BCUT2D eigenvalue weighted by Crippen LogP contribution is 2.40. The molecule has 1 amide bonds. The first-order valence-corrected chi connectivity index (χ1v) is 10.6. The molecule has 3 aromatic rings. The minimum atomic E-state index is -0.496. The van der Waals surface area contributed by atoms with Crippen molar-refractivity contribution in [2.75, 3.05) is 12.4 Å². The van der Waals surface area contributed by atoms with Crippen molar-refractivity contribution < 1.29 is 14.3 Å². The van der Waals surface area contributed by atoms with E-state index in [1.165, 1.54) is 24.5 Å². The number of amides is 1. The van der Waals surface area contributed by atoms with Gasteiger partial charge in [-0.2, -0.15) is 0 Å². The Balaban J connectivity index is 1.91. The lowest BCUT2D eigenvalue weighted by molar-refractivity contribution is -0.111. The van der Waals surface area contributed by atoms with Gasteiger partial charge in [-0.15, -0.1) is 11.3 Å². The molecule has 1 aromatic heterocycles. The number of esters is 1. The molecule has 0 saturated carbocycles. The number of thiophene rings is 1. The molecule has 0 spiro atoms. The highest BCUT2D eigenvalue weighted by atomic mass is 79.9. The molecule has 148 valence electrons. The van der Waals surface area contributed by atoms with Gasteiger partial charge in [0.1, 0.15) is 10.6 Å². The number of methoxy groups -OCH3 is 1. The number of aryl methyl sites for hydroxylation is 1. The van der Waals surface area contributed by atoms with Gasteiger partial charge in [-0.25, -0.2) is 4.79 Å². The Morgan fingerprint density at radius 3 is 2.38 bits per heavy atom. The third-order valence-electron chi connectivity index (χ3n) is 4.14. The predicted molar refractivity (Wildman–Crippen MR) is 123 cm³/mol. The Hall–Kier alpha value is -2.41. The van der Waals surface area contributed by atoms with E-state index in [9.17, 15) is 9.59 Å². The standard InChI is InChI=1S/C22H17BrClNO3S/c1-13-19(15-6-8-16(23)9-7-15)20(22(27)28-2)21(29-13)25-18(26)12-5-14-3-10-17(24)11-4-14/h3-12H,1-2H3,(H,25,26)/b12-5+. The summed E-state index contributed by atoms with van der Waals surface area (Å²) in [5.74, 6) is -0.835. The summed E-state index contributed by atoms with van der Waals surface area (Å²) in [6.45, 7) is 1.91. The van der Waals surface area contributed by atoms with E-state index in [-0.39, 0.29) is 5.91 Å². The van der Waals surface area contributed by atoms with Crippen LogP contribution in [0.3, 0.4) is 0 Å². The fourth-order valence-corrected chi connectivity index (χ4v) is 4.25. The molecule has 7 heteroatoms. The Morgan fingerprint density at radius 1 is 1.10 bits per heavy atom. The number of anilines is 1. The van der Waals surface area contributed by atoms with Crippen LogP contribution < -0.4 is 5.32 Å². The second-order valence-electron chi connectivity index (χ2n) is 6.11. The molecule has 2 aromatic carbocycles. The summed E-state index contributed by atoms with van der Waals surface area (Å²) in [7, 11) is 1.33. The number of hydrogen-bond donors (Lipinski definition) is 1. The smallest absolute Gasteiger partial charge is 0.341 e. The Kier molecular flexibility index (Phi) is 6.90. The molecule has 0 aliphatic heterocycles. The van der Waals surface area contributed by atoms with E-state index in [0.29, 0.717) is 15.6 Å². The van der Waals surface area contributed by atoms with E-state index in [4.69, 9.17) is 16.3 Å². The molecule has 0 atom stereocenters. The van der Waals surface area contributed by atoms with E-state index in [1.807, 2.05) is 43.3 Å². The summed E-state index contributed by atoms with van der Waals surface area (Å²) in [6, 6.07) is 14.8. The van der Waals surface area contributed by atoms with Crippen molar-refractivity contribution in [3.05, 3.63) is 80.1 Å². The van der Waals surface area contributed by atoms with Gasteiger partial charge < -0.3 is 10.1 Å². The molecule has 29 heavy (non-hydrogen) atoms. The zero-order valence-corrected chi connectivity index (χ0v) is 18.8. The maximum absolute atomic E-state index is 12.5. The third-order valence-corrected chi connectivity index (χ3v) is 5.94. The first-order valence-electron chi connectivity index (χ1n) is 8.61. The Labute approximate surface area is 186 Å². The zero-order valence-electron chi connectivity index (χ0n) is 15.7. The largest absolute Gasteiger partial charge is 0.465 e. The molecule has 0 aliphatic rings. The van der Waals surface area contributed by atoms with Crippen molar-refractivity contribution in [2.45, 2.75) is 6.92 Å². The summed E-state index contributed by atoms with van der Waals surface area (Å²) < 4.78 is 5.91. The van der Waals surface area contributed by atoms with Crippen LogP contribution in [0.2, 0.25) is 5.02 Å². The first-order chi connectivity index (χ1) is 13.9. The van der Waals surface area contributed by atoms with E-state index in [1.54, 1.807) is 18.2 Å². The van der Waals surface area contributed by atoms with E-state index in [2.05, 4.69) is 21.2 Å².